The van der Waals surface area contributed by atoms with E-state index >= 15 is 0 Å². The Bertz CT molecular complexity index is 951. The number of carbonyl (C=O) groups excluding carboxylic acids is 2. The van der Waals surface area contributed by atoms with Gasteiger partial charge in [0.15, 0.2) is 0 Å². The monoisotopic (exact) mass is 860 g/mol. The highest BCUT2D eigenvalue weighted by molar-refractivity contribution is 5.76. The van der Waals surface area contributed by atoms with Crippen molar-refractivity contribution in [2.75, 3.05) is 13.2 Å². The van der Waals surface area contributed by atoms with Crippen LogP contribution in [0.15, 0.2) is 24.3 Å². The van der Waals surface area contributed by atoms with Crippen LogP contribution in [0.25, 0.3) is 0 Å². The molecule has 2 unspecified atom stereocenters. The fraction of sp³-hybridized carbons (Fsp3) is 0.891. The summed E-state index contributed by atoms with van der Waals surface area (Å²) in [5.74, 6) is -0.0483. The summed E-state index contributed by atoms with van der Waals surface area (Å²) < 4.78 is 5.47. The van der Waals surface area contributed by atoms with Crippen molar-refractivity contribution in [1.82, 2.24) is 5.32 Å². The normalized spacial score (nSPS) is 12.8. The minimum Gasteiger partial charge on any atom is -0.466 e. The zero-order valence-corrected chi connectivity index (χ0v) is 40.9. The van der Waals surface area contributed by atoms with Crippen molar-refractivity contribution >= 4 is 11.9 Å². The van der Waals surface area contributed by atoms with Crippen LogP contribution in [0.1, 0.15) is 290 Å². The molecule has 0 spiro atoms. The Balaban J connectivity index is 3.41. The maximum Gasteiger partial charge on any atom is 0.305 e. The van der Waals surface area contributed by atoms with Gasteiger partial charge in [-0.3, -0.25) is 9.59 Å². The van der Waals surface area contributed by atoms with Crippen molar-refractivity contribution in [3.8, 4) is 0 Å². The summed E-state index contributed by atoms with van der Waals surface area (Å²) in [6, 6.07) is -0.545. The summed E-state index contributed by atoms with van der Waals surface area (Å²) in [7, 11) is 0. The van der Waals surface area contributed by atoms with Gasteiger partial charge in [0, 0.05) is 12.8 Å². The van der Waals surface area contributed by atoms with Crippen molar-refractivity contribution in [2.24, 2.45) is 0 Å². The third-order valence-electron chi connectivity index (χ3n) is 12.5. The standard InChI is InChI=1S/C55H105NO5/c1-3-5-7-9-11-13-14-15-22-26-29-33-37-41-45-49-55(60)61-50-46-42-38-34-30-27-24-21-19-17-16-18-20-23-25-28-32-36-40-44-48-54(59)56-52(51-57)53(58)47-43-39-35-31-12-10-8-6-4-2/h15-16,18,22,52-53,57-58H,3-14,17,19-21,23-51H2,1-2H3,(H,56,59)/b18-16-,22-15-. The molecule has 0 rings (SSSR count). The molecule has 2 atom stereocenters. The highest BCUT2D eigenvalue weighted by Crippen LogP contribution is 2.16. The van der Waals surface area contributed by atoms with Gasteiger partial charge in [-0.05, 0) is 77.0 Å². The maximum atomic E-state index is 12.4. The molecule has 6 heteroatoms. The van der Waals surface area contributed by atoms with Gasteiger partial charge in [-0.25, -0.2) is 0 Å². The molecule has 0 saturated heterocycles. The summed E-state index contributed by atoms with van der Waals surface area (Å²) in [6.07, 6.45) is 60.2. The van der Waals surface area contributed by atoms with Gasteiger partial charge in [0.2, 0.25) is 5.91 Å². The molecule has 0 aliphatic rings. The van der Waals surface area contributed by atoms with E-state index in [1.54, 1.807) is 0 Å². The lowest BCUT2D eigenvalue weighted by Crippen LogP contribution is -2.45. The predicted octanol–water partition coefficient (Wildman–Crippen LogP) is 16.3. The molecule has 0 fully saturated rings. The lowest BCUT2D eigenvalue weighted by atomic mass is 10.0. The second-order valence-electron chi connectivity index (χ2n) is 18.6. The number of unbranched alkanes of at least 4 members (excludes halogenated alkanes) is 35. The van der Waals surface area contributed by atoms with E-state index < -0.39 is 12.1 Å². The number of aliphatic hydroxyl groups excluding tert-OH is 2. The molecule has 0 bridgehead atoms. The fourth-order valence-electron chi connectivity index (χ4n) is 8.28. The highest BCUT2D eigenvalue weighted by Gasteiger charge is 2.20. The maximum absolute atomic E-state index is 12.4. The van der Waals surface area contributed by atoms with E-state index in [1.807, 2.05) is 0 Å². The molecule has 6 nitrogen and oxygen atoms in total. The Hall–Kier alpha value is -1.66. The van der Waals surface area contributed by atoms with E-state index in [1.165, 1.54) is 212 Å². The average Bonchev–Trinajstić information content (AvgIpc) is 3.26. The van der Waals surface area contributed by atoms with Gasteiger partial charge in [0.25, 0.3) is 0 Å². The van der Waals surface area contributed by atoms with Crippen molar-refractivity contribution in [2.45, 2.75) is 302 Å². The van der Waals surface area contributed by atoms with Crippen molar-refractivity contribution in [1.29, 1.82) is 0 Å². The predicted molar refractivity (Wildman–Crippen MR) is 264 cm³/mol. The van der Waals surface area contributed by atoms with Gasteiger partial charge in [-0.1, -0.05) is 224 Å². The van der Waals surface area contributed by atoms with Gasteiger partial charge < -0.3 is 20.3 Å². The van der Waals surface area contributed by atoms with E-state index in [0.29, 0.717) is 25.9 Å². The first-order valence-corrected chi connectivity index (χ1v) is 27.1. The first kappa shape index (κ1) is 59.3. The Morgan fingerprint density at radius 3 is 1.16 bits per heavy atom. The number of aliphatic hydroxyl groups is 2. The summed E-state index contributed by atoms with van der Waals surface area (Å²) in [5, 5.41) is 23.1. The number of hydrogen-bond acceptors (Lipinski definition) is 5. The first-order valence-electron chi connectivity index (χ1n) is 27.1. The lowest BCUT2D eigenvalue weighted by molar-refractivity contribution is -0.143. The van der Waals surface area contributed by atoms with Crippen LogP contribution < -0.4 is 5.32 Å². The number of esters is 1. The van der Waals surface area contributed by atoms with Crippen molar-refractivity contribution in [3.05, 3.63) is 24.3 Å². The molecule has 1 amide bonds. The minimum absolute atomic E-state index is 0.00202. The summed E-state index contributed by atoms with van der Waals surface area (Å²) >= 11 is 0. The van der Waals surface area contributed by atoms with Crippen molar-refractivity contribution in [3.63, 3.8) is 0 Å². The minimum atomic E-state index is -0.667. The number of allylic oxidation sites excluding steroid dienone is 4. The van der Waals surface area contributed by atoms with Gasteiger partial charge in [-0.15, -0.1) is 0 Å². The number of hydrogen-bond donors (Lipinski definition) is 3. The SMILES string of the molecule is CCCCCCCC/C=C\CCCCCCCC(=O)OCCCCCCCCCCC/C=C\CCCCCCCCCC(=O)NC(CO)C(O)CCCCCCCCCCC. The lowest BCUT2D eigenvalue weighted by Gasteiger charge is -2.22. The Labute approximate surface area is 380 Å². The zero-order valence-electron chi connectivity index (χ0n) is 40.9. The van der Waals surface area contributed by atoms with E-state index in [2.05, 4.69) is 43.5 Å². The van der Waals surface area contributed by atoms with Crippen LogP contribution in [0.4, 0.5) is 0 Å². The van der Waals surface area contributed by atoms with Crippen LogP contribution in [-0.2, 0) is 14.3 Å². The molecule has 0 aliphatic heterocycles. The molecular weight excluding hydrogens is 755 g/mol. The molecule has 0 heterocycles. The molecule has 61 heavy (non-hydrogen) atoms. The summed E-state index contributed by atoms with van der Waals surface area (Å²) in [5.41, 5.74) is 0. The molecule has 0 aliphatic carbocycles. The van der Waals surface area contributed by atoms with Gasteiger partial charge in [-0.2, -0.15) is 0 Å². The largest absolute Gasteiger partial charge is 0.466 e. The van der Waals surface area contributed by atoms with Crippen LogP contribution in [0.2, 0.25) is 0 Å². The number of rotatable bonds is 50. The Morgan fingerprint density at radius 2 is 0.770 bits per heavy atom. The molecule has 0 saturated carbocycles. The van der Waals surface area contributed by atoms with Crippen LogP contribution in [0.5, 0.6) is 0 Å². The van der Waals surface area contributed by atoms with Gasteiger partial charge >= 0.3 is 5.97 Å². The third kappa shape index (κ3) is 47.7. The topological polar surface area (TPSA) is 95.9 Å². The molecule has 360 valence electrons. The third-order valence-corrected chi connectivity index (χ3v) is 12.5. The quantitative estimate of drug-likeness (QED) is 0.0322. The molecule has 0 aromatic rings. The zero-order chi connectivity index (χ0) is 44.4. The smallest absolute Gasteiger partial charge is 0.305 e. The number of amides is 1. The summed E-state index contributed by atoms with van der Waals surface area (Å²) in [4.78, 5) is 24.4. The van der Waals surface area contributed by atoms with Gasteiger partial charge in [0.05, 0.1) is 25.4 Å². The van der Waals surface area contributed by atoms with E-state index in [9.17, 15) is 19.8 Å². The Kier molecular flexibility index (Phi) is 49.6. The molecule has 3 N–H and O–H groups in total. The van der Waals surface area contributed by atoms with E-state index in [0.717, 1.165) is 44.9 Å². The molecule has 0 aromatic carbocycles. The number of ether oxygens (including phenoxy) is 1. The fourth-order valence-corrected chi connectivity index (χ4v) is 8.28. The van der Waals surface area contributed by atoms with Crippen LogP contribution in [-0.4, -0.2) is 47.4 Å². The average molecular weight is 860 g/mol. The van der Waals surface area contributed by atoms with E-state index in [4.69, 9.17) is 4.74 Å². The number of carbonyl (C=O) groups is 2. The van der Waals surface area contributed by atoms with E-state index in [-0.39, 0.29) is 18.5 Å². The highest BCUT2D eigenvalue weighted by atomic mass is 16.5. The van der Waals surface area contributed by atoms with Crippen molar-refractivity contribution < 1.29 is 24.5 Å². The first-order chi connectivity index (χ1) is 30.0. The van der Waals surface area contributed by atoms with Crippen LogP contribution >= 0.6 is 0 Å². The van der Waals surface area contributed by atoms with Gasteiger partial charge in [0.1, 0.15) is 0 Å². The number of nitrogens with one attached hydrogen (secondary N) is 1. The molecule has 0 radical (unpaired) electrons. The second kappa shape index (κ2) is 51.0. The second-order valence-corrected chi connectivity index (χ2v) is 18.6. The molecular formula is C55H105NO5. The van der Waals surface area contributed by atoms with Crippen LogP contribution in [0.3, 0.4) is 0 Å². The van der Waals surface area contributed by atoms with Crippen LogP contribution in [0, 0.1) is 0 Å². The Morgan fingerprint density at radius 1 is 0.443 bits per heavy atom. The molecule has 0 aromatic heterocycles. The summed E-state index contributed by atoms with van der Waals surface area (Å²) in [6.45, 7) is 4.91.